The van der Waals surface area contributed by atoms with Crippen molar-refractivity contribution in [2.75, 3.05) is 47.1 Å². The lowest BCUT2D eigenvalue weighted by Gasteiger charge is -2.35. The van der Waals surface area contributed by atoms with E-state index in [1.165, 1.54) is 0 Å². The van der Waals surface area contributed by atoms with Gasteiger partial charge in [0.2, 0.25) is 5.95 Å². The third-order valence-electron chi connectivity index (χ3n) is 3.17. The van der Waals surface area contributed by atoms with Crippen LogP contribution in [0.1, 0.15) is 0 Å². The Kier molecular flexibility index (Phi) is 3.52. The molecule has 2 aromatic heterocycles. The molecular formula is C11H16N8S. The third kappa shape index (κ3) is 2.58. The number of rotatable bonds is 3. The summed E-state index contributed by atoms with van der Waals surface area (Å²) in [5, 5.41) is 3.06. The second kappa shape index (κ2) is 5.47. The Morgan fingerprint density at radius 1 is 1.15 bits per heavy atom. The fourth-order valence-corrected chi connectivity index (χ4v) is 2.88. The quantitative estimate of drug-likeness (QED) is 0.541. The van der Waals surface area contributed by atoms with E-state index in [1.807, 2.05) is 11.6 Å². The summed E-state index contributed by atoms with van der Waals surface area (Å²) < 4.78 is 0. The molecule has 0 saturated carbocycles. The molecule has 8 nitrogen and oxygen atoms in total. The summed E-state index contributed by atoms with van der Waals surface area (Å²) in [5.74, 6) is 6.91. The predicted molar refractivity (Wildman–Crippen MR) is 80.8 cm³/mol. The summed E-state index contributed by atoms with van der Waals surface area (Å²) in [4.78, 5) is 17.0. The van der Waals surface area contributed by atoms with Crippen molar-refractivity contribution in [2.24, 2.45) is 5.84 Å². The SMILES string of the molecule is NNc1cc(N2CCN(c3nccs3)CC2)nc(N)n1. The second-order valence-corrected chi connectivity index (χ2v) is 5.28. The molecule has 0 bridgehead atoms. The predicted octanol–water partition coefficient (Wildman–Crippen LogP) is 0.127. The van der Waals surface area contributed by atoms with E-state index >= 15 is 0 Å². The Labute approximate surface area is 120 Å². The van der Waals surface area contributed by atoms with E-state index < -0.39 is 0 Å². The van der Waals surface area contributed by atoms with Gasteiger partial charge in [0, 0.05) is 43.8 Å². The first kappa shape index (κ1) is 12.9. The Hall–Kier alpha value is -2.13. The average molecular weight is 292 g/mol. The van der Waals surface area contributed by atoms with Crippen molar-refractivity contribution in [1.82, 2.24) is 15.0 Å². The average Bonchev–Trinajstić information content (AvgIpc) is 3.01. The number of hydrogen-bond acceptors (Lipinski definition) is 9. The van der Waals surface area contributed by atoms with Crippen LogP contribution in [0.5, 0.6) is 0 Å². The van der Waals surface area contributed by atoms with Crippen LogP contribution in [-0.2, 0) is 0 Å². The molecule has 5 N–H and O–H groups in total. The maximum Gasteiger partial charge on any atom is 0.223 e. The van der Waals surface area contributed by atoms with E-state index in [0.717, 1.165) is 37.1 Å². The maximum atomic E-state index is 5.68. The molecular weight excluding hydrogens is 276 g/mol. The molecule has 9 heteroatoms. The normalized spacial score (nSPS) is 15.4. The number of nitrogens with two attached hydrogens (primary N) is 2. The Morgan fingerprint density at radius 3 is 2.55 bits per heavy atom. The maximum absolute atomic E-state index is 5.68. The Morgan fingerprint density at radius 2 is 1.90 bits per heavy atom. The number of piperazine rings is 1. The van der Waals surface area contributed by atoms with Crippen LogP contribution in [0.3, 0.4) is 0 Å². The number of anilines is 4. The minimum atomic E-state index is 0.220. The topological polar surface area (TPSA) is 109 Å². The van der Waals surface area contributed by atoms with Gasteiger partial charge < -0.3 is 21.0 Å². The first-order valence-electron chi connectivity index (χ1n) is 6.27. The van der Waals surface area contributed by atoms with Crippen molar-refractivity contribution in [3.05, 3.63) is 17.6 Å². The lowest BCUT2D eigenvalue weighted by Crippen LogP contribution is -2.46. The van der Waals surface area contributed by atoms with Gasteiger partial charge in [-0.25, -0.2) is 10.8 Å². The molecule has 0 aromatic carbocycles. The number of thiazole rings is 1. The summed E-state index contributed by atoms with van der Waals surface area (Å²) in [7, 11) is 0. The highest BCUT2D eigenvalue weighted by molar-refractivity contribution is 7.13. The number of hydrazine groups is 1. The molecule has 20 heavy (non-hydrogen) atoms. The summed E-state index contributed by atoms with van der Waals surface area (Å²) in [6.45, 7) is 3.53. The number of hydrogen-bond donors (Lipinski definition) is 3. The van der Waals surface area contributed by atoms with Gasteiger partial charge in [-0.3, -0.25) is 0 Å². The van der Waals surface area contributed by atoms with Crippen LogP contribution in [0.2, 0.25) is 0 Å². The first-order chi connectivity index (χ1) is 9.76. The van der Waals surface area contributed by atoms with Gasteiger partial charge in [-0.2, -0.15) is 9.97 Å². The molecule has 106 valence electrons. The second-order valence-electron chi connectivity index (χ2n) is 4.40. The van der Waals surface area contributed by atoms with Crippen LogP contribution < -0.4 is 26.8 Å². The van der Waals surface area contributed by atoms with E-state index in [9.17, 15) is 0 Å². The standard InChI is InChI=1S/C11H16N8S/c12-10-15-8(17-13)7-9(16-10)18-2-4-19(5-3-18)11-14-1-6-20-11/h1,6-7H,2-5,13H2,(H3,12,15,16,17). The smallest absolute Gasteiger partial charge is 0.223 e. The molecule has 0 unspecified atom stereocenters. The molecule has 2 aromatic rings. The molecule has 0 spiro atoms. The highest BCUT2D eigenvalue weighted by Crippen LogP contribution is 2.22. The van der Waals surface area contributed by atoms with E-state index in [0.29, 0.717) is 5.82 Å². The number of nitrogen functional groups attached to an aromatic ring is 2. The van der Waals surface area contributed by atoms with E-state index in [1.54, 1.807) is 17.4 Å². The molecule has 0 amide bonds. The van der Waals surface area contributed by atoms with E-state index in [2.05, 4.69) is 30.2 Å². The van der Waals surface area contributed by atoms with Crippen LogP contribution in [0.25, 0.3) is 0 Å². The zero-order valence-electron chi connectivity index (χ0n) is 10.9. The minimum Gasteiger partial charge on any atom is -0.368 e. The number of nitrogens with one attached hydrogen (secondary N) is 1. The lowest BCUT2D eigenvalue weighted by atomic mass is 10.3. The van der Waals surface area contributed by atoms with Gasteiger partial charge in [0.25, 0.3) is 0 Å². The molecule has 1 aliphatic heterocycles. The van der Waals surface area contributed by atoms with Gasteiger partial charge >= 0.3 is 0 Å². The highest BCUT2D eigenvalue weighted by atomic mass is 32.1. The fourth-order valence-electron chi connectivity index (χ4n) is 2.19. The van der Waals surface area contributed by atoms with Crippen LogP contribution in [0, 0.1) is 0 Å². The van der Waals surface area contributed by atoms with Crippen molar-refractivity contribution in [2.45, 2.75) is 0 Å². The van der Waals surface area contributed by atoms with Gasteiger partial charge in [0.15, 0.2) is 5.13 Å². The highest BCUT2D eigenvalue weighted by Gasteiger charge is 2.20. The van der Waals surface area contributed by atoms with E-state index in [4.69, 9.17) is 11.6 Å². The van der Waals surface area contributed by atoms with E-state index in [-0.39, 0.29) is 5.95 Å². The van der Waals surface area contributed by atoms with Gasteiger partial charge in [-0.05, 0) is 0 Å². The van der Waals surface area contributed by atoms with Crippen molar-refractivity contribution >= 4 is 34.1 Å². The largest absolute Gasteiger partial charge is 0.368 e. The summed E-state index contributed by atoms with van der Waals surface area (Å²) in [5.41, 5.74) is 8.18. The van der Waals surface area contributed by atoms with Gasteiger partial charge in [0.1, 0.15) is 11.6 Å². The number of aromatic nitrogens is 3. The Balaban J connectivity index is 1.70. The Bertz CT molecular complexity index is 564. The zero-order chi connectivity index (χ0) is 13.9. The molecule has 0 radical (unpaired) electrons. The first-order valence-corrected chi connectivity index (χ1v) is 7.15. The molecule has 0 aliphatic carbocycles. The van der Waals surface area contributed by atoms with Gasteiger partial charge in [-0.1, -0.05) is 0 Å². The van der Waals surface area contributed by atoms with Crippen LogP contribution in [0.4, 0.5) is 22.7 Å². The minimum absolute atomic E-state index is 0.220. The number of nitrogens with zero attached hydrogens (tertiary/aromatic N) is 5. The summed E-state index contributed by atoms with van der Waals surface area (Å²) in [6.07, 6.45) is 1.83. The molecule has 3 heterocycles. The molecule has 3 rings (SSSR count). The lowest BCUT2D eigenvalue weighted by molar-refractivity contribution is 0.646. The molecule has 0 atom stereocenters. The summed E-state index contributed by atoms with van der Waals surface area (Å²) in [6, 6.07) is 1.80. The molecule has 1 aliphatic rings. The fraction of sp³-hybridized carbons (Fsp3) is 0.364. The monoisotopic (exact) mass is 292 g/mol. The van der Waals surface area contributed by atoms with Crippen molar-refractivity contribution in [3.63, 3.8) is 0 Å². The van der Waals surface area contributed by atoms with Crippen LogP contribution in [-0.4, -0.2) is 41.1 Å². The zero-order valence-corrected chi connectivity index (χ0v) is 11.7. The van der Waals surface area contributed by atoms with Crippen molar-refractivity contribution in [3.8, 4) is 0 Å². The van der Waals surface area contributed by atoms with Gasteiger partial charge in [-0.15, -0.1) is 11.3 Å². The van der Waals surface area contributed by atoms with Gasteiger partial charge in [0.05, 0.1) is 0 Å². The third-order valence-corrected chi connectivity index (χ3v) is 4.00. The van der Waals surface area contributed by atoms with Crippen LogP contribution in [0.15, 0.2) is 17.6 Å². The molecule has 1 saturated heterocycles. The molecule has 1 fully saturated rings. The van der Waals surface area contributed by atoms with Crippen LogP contribution >= 0.6 is 11.3 Å². The van der Waals surface area contributed by atoms with Crippen molar-refractivity contribution < 1.29 is 0 Å². The summed E-state index contributed by atoms with van der Waals surface area (Å²) >= 11 is 1.66. The van der Waals surface area contributed by atoms with Crippen molar-refractivity contribution in [1.29, 1.82) is 0 Å².